The summed E-state index contributed by atoms with van der Waals surface area (Å²) in [5, 5.41) is 15.7. The smallest absolute Gasteiger partial charge is 0.244 e. The summed E-state index contributed by atoms with van der Waals surface area (Å²) in [6, 6.07) is 13.7. The van der Waals surface area contributed by atoms with Crippen LogP contribution in [0.15, 0.2) is 48.7 Å². The first kappa shape index (κ1) is 18.4. The van der Waals surface area contributed by atoms with Gasteiger partial charge < -0.3 is 10.6 Å². The molecule has 0 spiro atoms. The van der Waals surface area contributed by atoms with E-state index in [0.29, 0.717) is 34.9 Å². The van der Waals surface area contributed by atoms with Crippen molar-refractivity contribution in [3.8, 4) is 0 Å². The van der Waals surface area contributed by atoms with Gasteiger partial charge in [-0.1, -0.05) is 53.5 Å². The molecule has 2 N–H and O–H groups in total. The van der Waals surface area contributed by atoms with Crippen molar-refractivity contribution in [2.24, 2.45) is 0 Å². The second-order valence-electron chi connectivity index (χ2n) is 5.86. The zero-order valence-corrected chi connectivity index (χ0v) is 15.8. The number of nitrogens with one attached hydrogen (secondary N) is 2. The van der Waals surface area contributed by atoms with Crippen molar-refractivity contribution >= 4 is 35.0 Å². The predicted octanol–water partition coefficient (Wildman–Crippen LogP) is 4.75. The van der Waals surface area contributed by atoms with Crippen LogP contribution in [-0.4, -0.2) is 21.7 Å². The molecule has 1 heterocycles. The SMILES string of the molecule is Cc1ccccc1CNc1cnnc(NCCc2ccc(Cl)cc2Cl)n1. The highest BCUT2D eigenvalue weighted by Gasteiger charge is 2.04. The summed E-state index contributed by atoms with van der Waals surface area (Å²) >= 11 is 12.1. The second-order valence-corrected chi connectivity index (χ2v) is 6.70. The minimum atomic E-state index is 0.477. The van der Waals surface area contributed by atoms with Gasteiger partial charge in [0.15, 0.2) is 5.82 Å². The summed E-state index contributed by atoms with van der Waals surface area (Å²) < 4.78 is 0. The van der Waals surface area contributed by atoms with Crippen LogP contribution in [0, 0.1) is 6.92 Å². The van der Waals surface area contributed by atoms with Gasteiger partial charge in [0, 0.05) is 23.1 Å². The quantitative estimate of drug-likeness (QED) is 0.612. The second kappa shape index (κ2) is 8.83. The van der Waals surface area contributed by atoms with E-state index in [2.05, 4.69) is 44.9 Å². The molecule has 0 saturated carbocycles. The first-order valence-corrected chi connectivity index (χ1v) is 9.03. The molecule has 1 aromatic heterocycles. The van der Waals surface area contributed by atoms with Crippen molar-refractivity contribution in [2.75, 3.05) is 17.2 Å². The molecule has 2 aromatic carbocycles. The first-order valence-electron chi connectivity index (χ1n) is 8.28. The highest BCUT2D eigenvalue weighted by atomic mass is 35.5. The molecule has 0 aliphatic rings. The maximum atomic E-state index is 6.18. The van der Waals surface area contributed by atoms with Gasteiger partial charge >= 0.3 is 0 Å². The molecule has 3 rings (SSSR count). The minimum Gasteiger partial charge on any atom is -0.365 e. The lowest BCUT2D eigenvalue weighted by molar-refractivity contribution is 0.920. The molecule has 0 aliphatic carbocycles. The van der Waals surface area contributed by atoms with Crippen molar-refractivity contribution in [2.45, 2.75) is 19.9 Å². The van der Waals surface area contributed by atoms with Gasteiger partial charge in [-0.25, -0.2) is 0 Å². The van der Waals surface area contributed by atoms with Crippen molar-refractivity contribution in [1.82, 2.24) is 15.2 Å². The van der Waals surface area contributed by atoms with Crippen LogP contribution in [0.1, 0.15) is 16.7 Å². The number of nitrogens with zero attached hydrogens (tertiary/aromatic N) is 3. The molecule has 0 radical (unpaired) electrons. The fourth-order valence-electron chi connectivity index (χ4n) is 2.49. The van der Waals surface area contributed by atoms with Gasteiger partial charge in [0.1, 0.15) is 0 Å². The van der Waals surface area contributed by atoms with Crippen LogP contribution in [0.5, 0.6) is 0 Å². The van der Waals surface area contributed by atoms with Crippen LogP contribution in [0.2, 0.25) is 10.0 Å². The maximum Gasteiger partial charge on any atom is 0.244 e. The molecule has 3 aromatic rings. The van der Waals surface area contributed by atoms with Gasteiger partial charge in [-0.15, -0.1) is 5.10 Å². The average molecular weight is 388 g/mol. The van der Waals surface area contributed by atoms with Gasteiger partial charge in [0.25, 0.3) is 0 Å². The summed E-state index contributed by atoms with van der Waals surface area (Å²) in [6.45, 7) is 3.42. The first-order chi connectivity index (χ1) is 12.6. The Morgan fingerprint density at radius 1 is 1.00 bits per heavy atom. The normalized spacial score (nSPS) is 10.6. The molecule has 0 saturated heterocycles. The Balaban J connectivity index is 1.54. The summed E-state index contributed by atoms with van der Waals surface area (Å²) in [5.41, 5.74) is 3.48. The Labute approximate surface area is 162 Å². The van der Waals surface area contributed by atoms with Gasteiger partial charge in [0.2, 0.25) is 5.95 Å². The monoisotopic (exact) mass is 387 g/mol. The van der Waals surface area contributed by atoms with Gasteiger partial charge in [-0.2, -0.15) is 10.1 Å². The van der Waals surface area contributed by atoms with E-state index in [-0.39, 0.29) is 0 Å². The third-order valence-corrected chi connectivity index (χ3v) is 4.56. The Hall–Kier alpha value is -2.37. The van der Waals surface area contributed by atoms with Crippen LogP contribution < -0.4 is 10.6 Å². The molecule has 0 amide bonds. The highest BCUT2D eigenvalue weighted by molar-refractivity contribution is 6.35. The number of hydrogen-bond donors (Lipinski definition) is 2. The van der Waals surface area contributed by atoms with Gasteiger partial charge in [-0.3, -0.25) is 0 Å². The number of benzene rings is 2. The number of aryl methyl sites for hydroxylation is 1. The summed E-state index contributed by atoms with van der Waals surface area (Å²) in [7, 11) is 0. The van der Waals surface area contributed by atoms with E-state index >= 15 is 0 Å². The van der Waals surface area contributed by atoms with Gasteiger partial charge in [0.05, 0.1) is 6.20 Å². The molecular weight excluding hydrogens is 369 g/mol. The van der Waals surface area contributed by atoms with E-state index in [1.807, 2.05) is 24.3 Å². The Bertz CT molecular complexity index is 885. The zero-order valence-electron chi connectivity index (χ0n) is 14.3. The van der Waals surface area contributed by atoms with Crippen LogP contribution in [0.4, 0.5) is 11.8 Å². The fourth-order valence-corrected chi connectivity index (χ4v) is 2.99. The van der Waals surface area contributed by atoms with E-state index in [0.717, 1.165) is 12.0 Å². The summed E-state index contributed by atoms with van der Waals surface area (Å²) in [6.07, 6.45) is 2.35. The topological polar surface area (TPSA) is 62.7 Å². The molecule has 0 aliphatic heterocycles. The molecule has 26 heavy (non-hydrogen) atoms. The Morgan fingerprint density at radius 2 is 1.85 bits per heavy atom. The van der Waals surface area contributed by atoms with Crippen molar-refractivity contribution < 1.29 is 0 Å². The Kier molecular flexibility index (Phi) is 6.26. The third-order valence-electron chi connectivity index (χ3n) is 3.97. The van der Waals surface area contributed by atoms with Crippen LogP contribution in [0.25, 0.3) is 0 Å². The fraction of sp³-hybridized carbons (Fsp3) is 0.211. The summed E-state index contributed by atoms with van der Waals surface area (Å²) in [4.78, 5) is 4.44. The molecule has 0 fully saturated rings. The lowest BCUT2D eigenvalue weighted by Crippen LogP contribution is -2.11. The van der Waals surface area contributed by atoms with Crippen LogP contribution in [0.3, 0.4) is 0 Å². The largest absolute Gasteiger partial charge is 0.365 e. The lowest BCUT2D eigenvalue weighted by atomic mass is 10.1. The molecule has 134 valence electrons. The summed E-state index contributed by atoms with van der Waals surface area (Å²) in [5.74, 6) is 1.15. The molecule has 5 nitrogen and oxygen atoms in total. The third kappa shape index (κ3) is 5.07. The van der Waals surface area contributed by atoms with Crippen molar-refractivity contribution in [3.05, 3.63) is 75.4 Å². The van der Waals surface area contributed by atoms with Crippen LogP contribution in [-0.2, 0) is 13.0 Å². The standard InChI is InChI=1S/C19H19Cl2N5/c1-13-4-2-3-5-15(13)11-23-18-12-24-26-19(25-18)22-9-8-14-6-7-16(20)10-17(14)21/h2-7,10,12H,8-9,11H2,1H3,(H2,22,23,25,26). The van der Waals surface area contributed by atoms with E-state index in [4.69, 9.17) is 23.2 Å². The zero-order chi connectivity index (χ0) is 18.4. The molecule has 0 unspecified atom stereocenters. The molecule has 0 bridgehead atoms. The molecular formula is C19H19Cl2N5. The number of rotatable bonds is 7. The van der Waals surface area contributed by atoms with E-state index in [9.17, 15) is 0 Å². The van der Waals surface area contributed by atoms with E-state index < -0.39 is 0 Å². The Morgan fingerprint density at radius 3 is 2.65 bits per heavy atom. The average Bonchev–Trinajstić information content (AvgIpc) is 2.63. The van der Waals surface area contributed by atoms with Crippen LogP contribution >= 0.6 is 23.2 Å². The number of hydrogen-bond acceptors (Lipinski definition) is 5. The predicted molar refractivity (Wildman–Crippen MR) is 107 cm³/mol. The highest BCUT2D eigenvalue weighted by Crippen LogP contribution is 2.21. The van der Waals surface area contributed by atoms with Crippen molar-refractivity contribution in [3.63, 3.8) is 0 Å². The maximum absolute atomic E-state index is 6.18. The van der Waals surface area contributed by atoms with E-state index in [1.165, 1.54) is 11.1 Å². The number of aromatic nitrogens is 3. The number of halogens is 2. The minimum absolute atomic E-state index is 0.477. The van der Waals surface area contributed by atoms with Crippen molar-refractivity contribution in [1.29, 1.82) is 0 Å². The lowest BCUT2D eigenvalue weighted by Gasteiger charge is -2.10. The van der Waals surface area contributed by atoms with E-state index in [1.54, 1.807) is 12.3 Å². The van der Waals surface area contributed by atoms with Gasteiger partial charge in [-0.05, 0) is 42.2 Å². The molecule has 7 heteroatoms. The number of anilines is 2. The molecule has 0 atom stereocenters.